The number of hydrogen-bond donors (Lipinski definition) is 0. The van der Waals surface area contributed by atoms with Crippen LogP contribution in [-0.4, -0.2) is 53.6 Å². The van der Waals surface area contributed by atoms with Gasteiger partial charge in [-0.25, -0.2) is 8.78 Å². The van der Waals surface area contributed by atoms with E-state index in [-0.39, 0.29) is 42.4 Å². The van der Waals surface area contributed by atoms with Gasteiger partial charge in [0.05, 0.1) is 5.92 Å². The molecule has 2 amide bonds. The topological polar surface area (TPSA) is 57.7 Å². The molecule has 2 aromatic rings. The van der Waals surface area contributed by atoms with E-state index < -0.39 is 17.6 Å². The van der Waals surface area contributed by atoms with Crippen LogP contribution in [0.5, 0.6) is 0 Å². The third kappa shape index (κ3) is 4.74. The molecule has 0 spiro atoms. The third-order valence-corrected chi connectivity index (χ3v) is 7.36. The molecule has 34 heavy (non-hydrogen) atoms. The SMILES string of the molecule is CCC(=O)N(C)[C@@H](Cc1ccc(F)cc1F)C1CCN(C(=O)[C@H]2CC(=O)c3ccccc32)CC1. The number of likely N-dealkylation sites (N-methyl/N-ethyl adjacent to an activating group) is 1. The van der Waals surface area contributed by atoms with Crippen molar-refractivity contribution in [1.82, 2.24) is 9.80 Å². The zero-order valence-electron chi connectivity index (χ0n) is 19.6. The second kappa shape index (κ2) is 10.0. The van der Waals surface area contributed by atoms with Gasteiger partial charge in [-0.15, -0.1) is 0 Å². The lowest BCUT2D eigenvalue weighted by molar-refractivity contribution is -0.137. The second-order valence-electron chi connectivity index (χ2n) is 9.30. The van der Waals surface area contributed by atoms with Crippen LogP contribution in [-0.2, 0) is 16.0 Å². The number of rotatable bonds is 6. The molecule has 0 N–H and O–H groups in total. The molecule has 1 aliphatic carbocycles. The van der Waals surface area contributed by atoms with Crippen LogP contribution in [0.4, 0.5) is 8.78 Å². The first-order valence-electron chi connectivity index (χ1n) is 11.9. The zero-order chi connectivity index (χ0) is 24.4. The van der Waals surface area contributed by atoms with Gasteiger partial charge in [0.1, 0.15) is 11.6 Å². The van der Waals surface area contributed by atoms with Crippen LogP contribution in [0.2, 0.25) is 0 Å². The Morgan fingerprint density at radius 1 is 1.12 bits per heavy atom. The lowest BCUT2D eigenvalue weighted by atomic mass is 9.84. The fourth-order valence-electron chi connectivity index (χ4n) is 5.37. The van der Waals surface area contributed by atoms with Crippen molar-refractivity contribution < 1.29 is 23.2 Å². The van der Waals surface area contributed by atoms with Crippen LogP contribution >= 0.6 is 0 Å². The highest BCUT2D eigenvalue weighted by molar-refractivity contribution is 6.06. The Morgan fingerprint density at radius 3 is 2.50 bits per heavy atom. The monoisotopic (exact) mass is 468 g/mol. The summed E-state index contributed by atoms with van der Waals surface area (Å²) in [5, 5.41) is 0. The Morgan fingerprint density at radius 2 is 1.82 bits per heavy atom. The van der Waals surface area contributed by atoms with Crippen LogP contribution in [0.1, 0.15) is 60.0 Å². The van der Waals surface area contributed by atoms with Gasteiger partial charge in [0.2, 0.25) is 11.8 Å². The molecule has 1 aliphatic heterocycles. The Bertz CT molecular complexity index is 1100. The maximum atomic E-state index is 14.4. The first-order chi connectivity index (χ1) is 16.3. The summed E-state index contributed by atoms with van der Waals surface area (Å²) < 4.78 is 27.8. The summed E-state index contributed by atoms with van der Waals surface area (Å²) in [5.74, 6) is -1.66. The number of fused-ring (bicyclic) bond motifs is 1. The summed E-state index contributed by atoms with van der Waals surface area (Å²) in [5.41, 5.74) is 1.82. The van der Waals surface area contributed by atoms with Crippen molar-refractivity contribution in [1.29, 1.82) is 0 Å². The number of benzene rings is 2. The van der Waals surface area contributed by atoms with Crippen LogP contribution in [0.3, 0.4) is 0 Å². The number of Topliss-reactive ketones (excluding diaryl/α,β-unsaturated/α-hetero) is 1. The van der Waals surface area contributed by atoms with Gasteiger partial charge in [0.15, 0.2) is 5.78 Å². The van der Waals surface area contributed by atoms with E-state index in [1.54, 1.807) is 24.9 Å². The molecule has 0 radical (unpaired) electrons. The molecule has 0 unspecified atom stereocenters. The van der Waals surface area contributed by atoms with Crippen molar-refractivity contribution in [3.8, 4) is 0 Å². The zero-order valence-corrected chi connectivity index (χ0v) is 19.6. The van der Waals surface area contributed by atoms with E-state index in [1.807, 2.05) is 23.1 Å². The van der Waals surface area contributed by atoms with Gasteiger partial charge in [-0.05, 0) is 42.4 Å². The predicted octanol–water partition coefficient (Wildman–Crippen LogP) is 4.35. The largest absolute Gasteiger partial charge is 0.342 e. The molecule has 0 bridgehead atoms. The van der Waals surface area contributed by atoms with E-state index in [1.165, 1.54) is 12.1 Å². The average molecular weight is 469 g/mol. The molecular formula is C27H30F2N2O3. The molecule has 1 fully saturated rings. The number of ketones is 1. The Hall–Kier alpha value is -3.09. The minimum Gasteiger partial charge on any atom is -0.342 e. The minimum atomic E-state index is -0.630. The van der Waals surface area contributed by atoms with E-state index in [4.69, 9.17) is 0 Å². The number of carbonyl (C=O) groups is 3. The Balaban J connectivity index is 1.47. The normalized spacial score (nSPS) is 19.1. The standard InChI is InChI=1S/C27H30F2N2O3/c1-3-26(33)30(2)24(14-18-8-9-19(28)15-23(18)29)17-10-12-31(13-11-17)27(34)22-16-25(32)21-7-5-4-6-20(21)22/h4-9,15,17,22,24H,3,10-14,16H2,1-2H3/t22-,24-/m0/s1. The summed E-state index contributed by atoms with van der Waals surface area (Å²) in [6.45, 7) is 2.83. The Labute approximate surface area is 198 Å². The van der Waals surface area contributed by atoms with Crippen molar-refractivity contribution in [3.05, 3.63) is 70.8 Å². The van der Waals surface area contributed by atoms with Crippen LogP contribution < -0.4 is 0 Å². The average Bonchev–Trinajstić information content (AvgIpc) is 3.19. The van der Waals surface area contributed by atoms with E-state index in [0.717, 1.165) is 11.6 Å². The van der Waals surface area contributed by atoms with Gasteiger partial charge in [-0.2, -0.15) is 0 Å². The first-order valence-corrected chi connectivity index (χ1v) is 11.9. The number of hydrogen-bond acceptors (Lipinski definition) is 3. The number of carbonyl (C=O) groups excluding carboxylic acids is 3. The quantitative estimate of drug-likeness (QED) is 0.633. The molecule has 0 aromatic heterocycles. The molecule has 5 nitrogen and oxygen atoms in total. The number of halogens is 2. The van der Waals surface area contributed by atoms with Gasteiger partial charge >= 0.3 is 0 Å². The number of amides is 2. The van der Waals surface area contributed by atoms with Crippen molar-refractivity contribution in [2.45, 2.75) is 51.0 Å². The van der Waals surface area contributed by atoms with Gasteiger partial charge < -0.3 is 9.80 Å². The summed E-state index contributed by atoms with van der Waals surface area (Å²) in [4.78, 5) is 41.6. The number of piperidine rings is 1. The highest BCUT2D eigenvalue weighted by atomic mass is 19.1. The molecular weight excluding hydrogens is 438 g/mol. The molecule has 7 heteroatoms. The molecule has 4 rings (SSSR count). The van der Waals surface area contributed by atoms with E-state index >= 15 is 0 Å². The highest BCUT2D eigenvalue weighted by Crippen LogP contribution is 2.36. The minimum absolute atomic E-state index is 0.00456. The second-order valence-corrected chi connectivity index (χ2v) is 9.30. The molecule has 1 saturated heterocycles. The molecule has 2 aliphatic rings. The molecule has 2 aromatic carbocycles. The van der Waals surface area contributed by atoms with Crippen molar-refractivity contribution in [3.63, 3.8) is 0 Å². The van der Waals surface area contributed by atoms with Gasteiger partial charge in [0, 0.05) is 50.7 Å². The van der Waals surface area contributed by atoms with Crippen LogP contribution in [0.25, 0.3) is 0 Å². The smallest absolute Gasteiger partial charge is 0.230 e. The molecule has 180 valence electrons. The van der Waals surface area contributed by atoms with E-state index in [9.17, 15) is 23.2 Å². The summed E-state index contributed by atoms with van der Waals surface area (Å²) in [6, 6.07) is 10.6. The fraction of sp³-hybridized carbons (Fsp3) is 0.444. The van der Waals surface area contributed by atoms with Crippen molar-refractivity contribution in [2.75, 3.05) is 20.1 Å². The maximum Gasteiger partial charge on any atom is 0.230 e. The molecule has 2 atom stereocenters. The van der Waals surface area contributed by atoms with E-state index in [0.29, 0.717) is 43.5 Å². The summed E-state index contributed by atoms with van der Waals surface area (Å²) in [7, 11) is 1.73. The Kier molecular flexibility index (Phi) is 7.10. The summed E-state index contributed by atoms with van der Waals surface area (Å²) >= 11 is 0. The van der Waals surface area contributed by atoms with Crippen LogP contribution in [0.15, 0.2) is 42.5 Å². The molecule has 0 saturated carbocycles. The van der Waals surface area contributed by atoms with Crippen molar-refractivity contribution >= 4 is 17.6 Å². The maximum absolute atomic E-state index is 14.4. The van der Waals surface area contributed by atoms with Gasteiger partial charge in [-0.1, -0.05) is 37.3 Å². The van der Waals surface area contributed by atoms with Gasteiger partial charge in [-0.3, -0.25) is 14.4 Å². The van der Waals surface area contributed by atoms with Gasteiger partial charge in [0.25, 0.3) is 0 Å². The molecule has 1 heterocycles. The van der Waals surface area contributed by atoms with Crippen LogP contribution in [0, 0.1) is 17.6 Å². The lowest BCUT2D eigenvalue weighted by Crippen LogP contribution is -2.49. The number of nitrogens with zero attached hydrogens (tertiary/aromatic N) is 2. The van der Waals surface area contributed by atoms with E-state index in [2.05, 4.69) is 0 Å². The van der Waals surface area contributed by atoms with Crippen molar-refractivity contribution in [2.24, 2.45) is 5.92 Å². The third-order valence-electron chi connectivity index (χ3n) is 7.36. The lowest BCUT2D eigenvalue weighted by Gasteiger charge is -2.40. The highest BCUT2D eigenvalue weighted by Gasteiger charge is 2.39. The number of likely N-dealkylation sites (tertiary alicyclic amines) is 1. The predicted molar refractivity (Wildman–Crippen MR) is 124 cm³/mol. The summed E-state index contributed by atoms with van der Waals surface area (Å²) in [6.07, 6.45) is 2.17. The first kappa shape index (κ1) is 24.0. The fourth-order valence-corrected chi connectivity index (χ4v) is 5.37.